The van der Waals surface area contributed by atoms with Crippen molar-refractivity contribution in [1.29, 1.82) is 0 Å². The largest absolute Gasteiger partial charge is 0.508 e. The first-order valence-electron chi connectivity index (χ1n) is 13.6. The molecule has 6 heteroatoms. The Morgan fingerprint density at radius 2 is 1.74 bits per heavy atom. The van der Waals surface area contributed by atoms with Crippen LogP contribution in [0.3, 0.4) is 0 Å². The van der Waals surface area contributed by atoms with Gasteiger partial charge in [-0.1, -0.05) is 95.4 Å². The van der Waals surface area contributed by atoms with E-state index in [1.807, 2.05) is 65.8 Å². The highest BCUT2D eigenvalue weighted by molar-refractivity contribution is 5.64. The van der Waals surface area contributed by atoms with Gasteiger partial charge in [0.2, 0.25) is 0 Å². The predicted octanol–water partition coefficient (Wildman–Crippen LogP) is 6.33. The highest BCUT2D eigenvalue weighted by Crippen LogP contribution is 2.29. The highest BCUT2D eigenvalue weighted by atomic mass is 16.6. The van der Waals surface area contributed by atoms with Gasteiger partial charge in [-0.3, -0.25) is 0 Å². The second kappa shape index (κ2) is 16.9. The van der Waals surface area contributed by atoms with Crippen molar-refractivity contribution >= 4 is 6.09 Å². The van der Waals surface area contributed by atoms with E-state index in [1.165, 1.54) is 0 Å². The molecule has 212 valence electrons. The van der Waals surface area contributed by atoms with E-state index in [2.05, 4.69) is 18.7 Å². The number of carbonyl (C=O) groups is 1. The average Bonchev–Trinajstić information content (AvgIpc) is 2.86. The SMILES string of the molecule is C=C/C=C\[C@H](C)[C@H](OC(N)=O)[C@@H](C)[C@H](O)[C@@H](C)C/C(C)=C\[C@H](C)[C@@H](O)[C@@H](C)/C=C\CCc1cccc(O)c1. The third-order valence-electron chi connectivity index (χ3n) is 7.18. The third kappa shape index (κ3) is 11.7. The Morgan fingerprint density at radius 3 is 2.34 bits per heavy atom. The maximum absolute atomic E-state index is 11.5. The summed E-state index contributed by atoms with van der Waals surface area (Å²) in [5.41, 5.74) is 7.46. The number of rotatable bonds is 16. The fourth-order valence-electron chi connectivity index (χ4n) is 5.01. The molecule has 0 saturated carbocycles. The van der Waals surface area contributed by atoms with Crippen LogP contribution in [0.5, 0.6) is 5.75 Å². The Labute approximate surface area is 229 Å². The first-order valence-corrected chi connectivity index (χ1v) is 13.6. The number of hydrogen-bond donors (Lipinski definition) is 4. The molecule has 0 aromatic heterocycles. The van der Waals surface area contributed by atoms with E-state index in [0.717, 1.165) is 24.0 Å². The summed E-state index contributed by atoms with van der Waals surface area (Å²) in [4.78, 5) is 11.5. The molecule has 0 aliphatic rings. The number of aryl methyl sites for hydroxylation is 1. The fourth-order valence-corrected chi connectivity index (χ4v) is 5.01. The van der Waals surface area contributed by atoms with Crippen molar-refractivity contribution in [2.75, 3.05) is 0 Å². The van der Waals surface area contributed by atoms with Gasteiger partial charge in [-0.25, -0.2) is 4.79 Å². The van der Waals surface area contributed by atoms with Crippen molar-refractivity contribution in [1.82, 2.24) is 0 Å². The van der Waals surface area contributed by atoms with E-state index in [-0.39, 0.29) is 35.3 Å². The standard InChI is InChI=1S/C32H49NO5/c1-8-9-13-23(4)31(38-32(33)37)26(7)30(36)25(6)19-21(2)18-24(5)29(35)22(3)14-10-11-15-27-16-12-17-28(34)20-27/h8-10,12-14,16-18,20,22-26,29-31,34-36H,1,11,15,19H2,2-7H3,(H2,33,37)/b13-9-,14-10-,21-18-/t22-,23-,24-,25-,26-,29-,30+,31-/m0/s1. The third-order valence-corrected chi connectivity index (χ3v) is 7.18. The van der Waals surface area contributed by atoms with E-state index >= 15 is 0 Å². The lowest BCUT2D eigenvalue weighted by atomic mass is 9.81. The zero-order valence-electron chi connectivity index (χ0n) is 24.0. The van der Waals surface area contributed by atoms with Gasteiger partial charge in [-0.05, 0) is 49.8 Å². The van der Waals surface area contributed by atoms with Crippen LogP contribution < -0.4 is 5.73 Å². The highest BCUT2D eigenvalue weighted by Gasteiger charge is 2.33. The van der Waals surface area contributed by atoms with Gasteiger partial charge in [0.25, 0.3) is 0 Å². The molecule has 0 bridgehead atoms. The Kier molecular flexibility index (Phi) is 14.8. The first kappa shape index (κ1) is 33.2. The van der Waals surface area contributed by atoms with Crippen LogP contribution >= 0.6 is 0 Å². The molecule has 5 N–H and O–H groups in total. The van der Waals surface area contributed by atoms with Crippen molar-refractivity contribution in [3.63, 3.8) is 0 Å². The molecule has 0 spiro atoms. The lowest BCUT2D eigenvalue weighted by Gasteiger charge is -2.33. The molecule has 0 aliphatic heterocycles. The molecule has 0 aliphatic carbocycles. The molecule has 1 amide bonds. The van der Waals surface area contributed by atoms with Crippen LogP contribution in [-0.2, 0) is 11.2 Å². The number of nitrogens with two attached hydrogens (primary N) is 1. The number of aromatic hydroxyl groups is 1. The first-order chi connectivity index (χ1) is 17.9. The molecule has 1 aromatic rings. The van der Waals surface area contributed by atoms with Crippen LogP contribution in [0.25, 0.3) is 0 Å². The summed E-state index contributed by atoms with van der Waals surface area (Å²) in [6.07, 6.45) is 11.2. The second-order valence-corrected chi connectivity index (χ2v) is 10.8. The Hall–Kier alpha value is -2.83. The normalized spacial score (nSPS) is 18.9. The second-order valence-electron chi connectivity index (χ2n) is 10.8. The smallest absolute Gasteiger partial charge is 0.404 e. The number of aliphatic hydroxyl groups excluding tert-OH is 2. The summed E-state index contributed by atoms with van der Waals surface area (Å²) in [7, 11) is 0. The van der Waals surface area contributed by atoms with Gasteiger partial charge >= 0.3 is 6.09 Å². The van der Waals surface area contributed by atoms with E-state index in [1.54, 1.807) is 24.3 Å². The van der Waals surface area contributed by atoms with Gasteiger partial charge in [0.1, 0.15) is 11.9 Å². The molecule has 0 unspecified atom stereocenters. The fraction of sp³-hybridized carbons (Fsp3) is 0.531. The lowest BCUT2D eigenvalue weighted by Crippen LogP contribution is -2.41. The lowest BCUT2D eigenvalue weighted by molar-refractivity contribution is -0.0266. The average molecular weight is 528 g/mol. The minimum Gasteiger partial charge on any atom is -0.508 e. The summed E-state index contributed by atoms with van der Waals surface area (Å²) in [5, 5.41) is 31.5. The molecule has 1 aromatic carbocycles. The summed E-state index contributed by atoms with van der Waals surface area (Å²) >= 11 is 0. The van der Waals surface area contributed by atoms with Crippen molar-refractivity contribution in [2.24, 2.45) is 35.3 Å². The van der Waals surface area contributed by atoms with Gasteiger partial charge in [0.05, 0.1) is 12.2 Å². The molecule has 0 saturated heterocycles. The maximum atomic E-state index is 11.5. The number of phenolic OH excluding ortho intramolecular Hbond substituents is 1. The Bertz CT molecular complexity index is 953. The topological polar surface area (TPSA) is 113 Å². The van der Waals surface area contributed by atoms with Crippen molar-refractivity contribution in [3.05, 3.63) is 78.4 Å². The zero-order chi connectivity index (χ0) is 28.8. The van der Waals surface area contributed by atoms with Crippen molar-refractivity contribution in [3.8, 4) is 5.75 Å². The number of amides is 1. The number of benzene rings is 1. The van der Waals surface area contributed by atoms with E-state index < -0.39 is 24.4 Å². The quantitative estimate of drug-likeness (QED) is 0.148. The molecule has 1 rings (SSSR count). The number of primary amides is 1. The zero-order valence-corrected chi connectivity index (χ0v) is 24.0. The number of hydrogen-bond acceptors (Lipinski definition) is 5. The summed E-state index contributed by atoms with van der Waals surface area (Å²) in [6, 6.07) is 7.26. The van der Waals surface area contributed by atoms with Gasteiger partial charge < -0.3 is 25.8 Å². The van der Waals surface area contributed by atoms with E-state index in [9.17, 15) is 20.1 Å². The Balaban J connectivity index is 2.70. The van der Waals surface area contributed by atoms with Gasteiger partial charge in [-0.15, -0.1) is 0 Å². The number of allylic oxidation sites excluding steroid dienone is 4. The number of carbonyl (C=O) groups excluding carboxylic acids is 1. The molecule has 0 heterocycles. The number of ether oxygens (including phenoxy) is 1. The summed E-state index contributed by atoms with van der Waals surface area (Å²) in [6.45, 7) is 15.4. The van der Waals surface area contributed by atoms with Gasteiger partial charge in [0.15, 0.2) is 0 Å². The molecule has 8 atom stereocenters. The van der Waals surface area contributed by atoms with Crippen LogP contribution in [0.1, 0.15) is 59.9 Å². The number of aliphatic hydroxyl groups is 2. The van der Waals surface area contributed by atoms with Crippen LogP contribution in [0.2, 0.25) is 0 Å². The molecular weight excluding hydrogens is 478 g/mol. The van der Waals surface area contributed by atoms with Crippen LogP contribution in [0.15, 0.2) is 72.9 Å². The predicted molar refractivity (Wildman–Crippen MR) is 156 cm³/mol. The van der Waals surface area contributed by atoms with E-state index in [0.29, 0.717) is 6.42 Å². The summed E-state index contributed by atoms with van der Waals surface area (Å²) in [5.74, 6) is -0.358. The summed E-state index contributed by atoms with van der Waals surface area (Å²) < 4.78 is 5.37. The maximum Gasteiger partial charge on any atom is 0.404 e. The molecule has 6 nitrogen and oxygen atoms in total. The van der Waals surface area contributed by atoms with Gasteiger partial charge in [0, 0.05) is 23.7 Å². The molecule has 0 radical (unpaired) electrons. The Morgan fingerprint density at radius 1 is 1.05 bits per heavy atom. The molecular formula is C32H49NO5. The number of phenols is 1. The molecule has 38 heavy (non-hydrogen) atoms. The van der Waals surface area contributed by atoms with Crippen molar-refractivity contribution in [2.45, 2.75) is 79.1 Å². The van der Waals surface area contributed by atoms with Crippen LogP contribution in [0, 0.1) is 29.6 Å². The van der Waals surface area contributed by atoms with Crippen molar-refractivity contribution < 1.29 is 24.9 Å². The van der Waals surface area contributed by atoms with Crippen LogP contribution in [0.4, 0.5) is 4.79 Å². The van der Waals surface area contributed by atoms with E-state index in [4.69, 9.17) is 10.5 Å². The van der Waals surface area contributed by atoms with Crippen LogP contribution in [-0.4, -0.2) is 39.7 Å². The minimum atomic E-state index is -0.859. The molecule has 0 fully saturated rings. The minimum absolute atomic E-state index is 0.0157. The van der Waals surface area contributed by atoms with Gasteiger partial charge in [-0.2, -0.15) is 0 Å². The monoisotopic (exact) mass is 527 g/mol.